The second kappa shape index (κ2) is 7.36. The number of nitrogens with one attached hydrogen (secondary N) is 1. The van der Waals surface area contributed by atoms with Gasteiger partial charge in [0, 0.05) is 40.5 Å². The van der Waals surface area contributed by atoms with Gasteiger partial charge in [-0.15, -0.1) is 0 Å². The van der Waals surface area contributed by atoms with E-state index in [0.717, 1.165) is 38.9 Å². The second-order valence-corrected chi connectivity index (χ2v) is 9.11. The molecule has 2 aromatic carbocycles. The number of benzene rings is 2. The van der Waals surface area contributed by atoms with Gasteiger partial charge in [0.2, 0.25) is 0 Å². The Morgan fingerprint density at radius 1 is 1.15 bits per heavy atom. The van der Waals surface area contributed by atoms with Crippen LogP contribution in [0.2, 0.25) is 0 Å². The summed E-state index contributed by atoms with van der Waals surface area (Å²) in [5.41, 5.74) is 4.01. The number of imidazole rings is 1. The molecule has 4 heterocycles. The van der Waals surface area contributed by atoms with Crippen LogP contribution >= 0.6 is 0 Å². The van der Waals surface area contributed by atoms with Crippen molar-refractivity contribution in [2.75, 3.05) is 0 Å². The molecule has 0 radical (unpaired) electrons. The van der Waals surface area contributed by atoms with Crippen molar-refractivity contribution in [3.63, 3.8) is 0 Å². The Kier molecular flexibility index (Phi) is 4.50. The largest absolute Gasteiger partial charge is 0.434 e. The first-order chi connectivity index (χ1) is 16.3. The standard InChI is InChI=1S/C26H22F2N4O2/c1-26(2,33)22-9-7-15(12-30-22)14-6-8-17-19(10-14)32-20-11-18(24(32)31-17)29-13-16-4-3-5-21(23(16)20)34-25(27)28/h3-10,12-13,18,25,29,33H,11H2,1-2H3/t18-/m1/s1. The van der Waals surface area contributed by atoms with E-state index < -0.39 is 12.2 Å². The molecule has 172 valence electrons. The molecule has 2 N–H and O–H groups in total. The number of hydrogen-bond acceptors (Lipinski definition) is 5. The van der Waals surface area contributed by atoms with E-state index in [1.165, 1.54) is 0 Å². The van der Waals surface area contributed by atoms with Gasteiger partial charge in [0.05, 0.1) is 22.8 Å². The van der Waals surface area contributed by atoms with E-state index in [9.17, 15) is 13.9 Å². The average Bonchev–Trinajstić information content (AvgIpc) is 3.26. The maximum atomic E-state index is 13.2. The lowest BCUT2D eigenvalue weighted by Crippen LogP contribution is -2.32. The topological polar surface area (TPSA) is 72.2 Å². The van der Waals surface area contributed by atoms with E-state index in [0.29, 0.717) is 17.3 Å². The average molecular weight is 460 g/mol. The fraction of sp³-hybridized carbons (Fsp3) is 0.231. The summed E-state index contributed by atoms with van der Waals surface area (Å²) in [6, 6.07) is 14.8. The summed E-state index contributed by atoms with van der Waals surface area (Å²) in [6.07, 6.45) is 4.19. The first kappa shape index (κ1) is 20.8. The molecule has 2 bridgehead atoms. The van der Waals surface area contributed by atoms with Gasteiger partial charge in [0.15, 0.2) is 0 Å². The van der Waals surface area contributed by atoms with Crippen molar-refractivity contribution in [2.45, 2.75) is 38.5 Å². The van der Waals surface area contributed by atoms with Crippen molar-refractivity contribution < 1.29 is 18.6 Å². The van der Waals surface area contributed by atoms with Gasteiger partial charge < -0.3 is 15.2 Å². The Balaban J connectivity index is 1.56. The highest BCUT2D eigenvalue weighted by atomic mass is 19.3. The fourth-order valence-electron chi connectivity index (χ4n) is 4.80. The van der Waals surface area contributed by atoms with Gasteiger partial charge in [0.1, 0.15) is 17.2 Å². The molecule has 4 aromatic rings. The van der Waals surface area contributed by atoms with Crippen LogP contribution in [0.3, 0.4) is 0 Å². The van der Waals surface area contributed by atoms with Crippen LogP contribution in [-0.2, 0) is 5.60 Å². The second-order valence-electron chi connectivity index (χ2n) is 9.11. The Morgan fingerprint density at radius 2 is 1.97 bits per heavy atom. The van der Waals surface area contributed by atoms with Crippen LogP contribution in [0.4, 0.5) is 8.78 Å². The van der Waals surface area contributed by atoms with E-state index >= 15 is 0 Å². The summed E-state index contributed by atoms with van der Waals surface area (Å²) in [4.78, 5) is 9.27. The van der Waals surface area contributed by atoms with Gasteiger partial charge in [-0.1, -0.05) is 24.3 Å². The van der Waals surface area contributed by atoms with Gasteiger partial charge >= 0.3 is 6.61 Å². The fourth-order valence-corrected chi connectivity index (χ4v) is 4.80. The molecule has 6 rings (SSSR count). The maximum Gasteiger partial charge on any atom is 0.387 e. The SMILES string of the molecule is CC(C)(O)c1ccc(-c2ccc3nc4n(c3c2)C2=c3c(OC(F)F)cccc3=CN[C@@H]4C2)cn1. The van der Waals surface area contributed by atoms with E-state index in [-0.39, 0.29) is 11.8 Å². The van der Waals surface area contributed by atoms with Gasteiger partial charge in [-0.05, 0) is 43.7 Å². The highest BCUT2D eigenvalue weighted by Crippen LogP contribution is 2.38. The van der Waals surface area contributed by atoms with E-state index in [2.05, 4.69) is 14.9 Å². The van der Waals surface area contributed by atoms with Crippen molar-refractivity contribution in [1.29, 1.82) is 0 Å². The van der Waals surface area contributed by atoms with Crippen LogP contribution in [0.15, 0.2) is 54.7 Å². The summed E-state index contributed by atoms with van der Waals surface area (Å²) in [6.45, 7) is 0.485. The van der Waals surface area contributed by atoms with Crippen LogP contribution in [-0.4, -0.2) is 26.3 Å². The molecule has 0 unspecified atom stereocenters. The normalized spacial score (nSPS) is 16.6. The quantitative estimate of drug-likeness (QED) is 0.489. The highest BCUT2D eigenvalue weighted by Gasteiger charge is 2.32. The number of hydrogen-bond donors (Lipinski definition) is 2. The molecule has 8 heteroatoms. The van der Waals surface area contributed by atoms with Crippen LogP contribution in [0.1, 0.15) is 37.8 Å². The Hall–Kier alpha value is -3.78. The van der Waals surface area contributed by atoms with Gasteiger partial charge in [0.25, 0.3) is 0 Å². The molecule has 2 aromatic heterocycles. The predicted molar refractivity (Wildman–Crippen MR) is 124 cm³/mol. The Morgan fingerprint density at radius 3 is 2.71 bits per heavy atom. The zero-order chi connectivity index (χ0) is 23.6. The number of halogens is 2. The number of fused-ring (bicyclic) bond motifs is 8. The Bertz CT molecular complexity index is 1550. The molecule has 0 aliphatic carbocycles. The third-order valence-corrected chi connectivity index (χ3v) is 6.39. The molecule has 0 saturated carbocycles. The van der Waals surface area contributed by atoms with E-state index in [4.69, 9.17) is 9.72 Å². The molecule has 0 amide bonds. The molecule has 2 aliphatic heterocycles. The molecular weight excluding hydrogens is 438 g/mol. The van der Waals surface area contributed by atoms with E-state index in [1.807, 2.05) is 42.6 Å². The van der Waals surface area contributed by atoms with E-state index in [1.54, 1.807) is 32.2 Å². The summed E-state index contributed by atoms with van der Waals surface area (Å²) in [7, 11) is 0. The zero-order valence-corrected chi connectivity index (χ0v) is 18.6. The van der Waals surface area contributed by atoms with Crippen LogP contribution < -0.4 is 20.5 Å². The molecule has 1 atom stereocenters. The number of ether oxygens (including phenoxy) is 1. The number of aromatic nitrogens is 3. The molecule has 6 nitrogen and oxygen atoms in total. The van der Waals surface area contributed by atoms with Crippen LogP contribution in [0.5, 0.6) is 5.75 Å². The number of rotatable bonds is 4. The lowest BCUT2D eigenvalue weighted by Gasteiger charge is -2.16. The minimum Gasteiger partial charge on any atom is -0.434 e. The summed E-state index contributed by atoms with van der Waals surface area (Å²) in [5, 5.41) is 15.0. The highest BCUT2D eigenvalue weighted by molar-refractivity contribution is 5.86. The van der Waals surface area contributed by atoms with Gasteiger partial charge in [-0.25, -0.2) is 4.98 Å². The molecule has 0 saturated heterocycles. The van der Waals surface area contributed by atoms with Crippen molar-refractivity contribution >= 4 is 22.9 Å². The number of nitrogens with zero attached hydrogens (tertiary/aromatic N) is 3. The third kappa shape index (κ3) is 3.25. The van der Waals surface area contributed by atoms with Crippen LogP contribution in [0.25, 0.3) is 34.1 Å². The summed E-state index contributed by atoms with van der Waals surface area (Å²) >= 11 is 0. The Labute approximate surface area is 193 Å². The minimum atomic E-state index is -2.91. The first-order valence-corrected chi connectivity index (χ1v) is 11.0. The molecular formula is C26H22F2N4O2. The molecule has 34 heavy (non-hydrogen) atoms. The maximum absolute atomic E-state index is 13.2. The lowest BCUT2D eigenvalue weighted by atomic mass is 10.0. The van der Waals surface area contributed by atoms with Crippen molar-refractivity contribution in [3.8, 4) is 16.9 Å². The van der Waals surface area contributed by atoms with Crippen LogP contribution in [0, 0.1) is 0 Å². The number of aliphatic hydroxyl groups is 1. The lowest BCUT2D eigenvalue weighted by molar-refractivity contribution is -0.0505. The smallest absolute Gasteiger partial charge is 0.387 e. The summed E-state index contributed by atoms with van der Waals surface area (Å²) < 4.78 is 33.3. The van der Waals surface area contributed by atoms with Gasteiger partial charge in [-0.2, -0.15) is 8.78 Å². The minimum absolute atomic E-state index is 0.0645. The molecule has 2 aliphatic rings. The van der Waals surface area contributed by atoms with Crippen molar-refractivity contribution in [2.24, 2.45) is 0 Å². The first-order valence-electron chi connectivity index (χ1n) is 11.0. The van der Waals surface area contributed by atoms with Gasteiger partial charge in [-0.3, -0.25) is 9.55 Å². The van der Waals surface area contributed by atoms with Crippen molar-refractivity contribution in [1.82, 2.24) is 19.9 Å². The third-order valence-electron chi connectivity index (χ3n) is 6.39. The number of pyridine rings is 1. The predicted octanol–water partition coefficient (Wildman–Crippen LogP) is 3.37. The molecule has 0 fully saturated rings. The monoisotopic (exact) mass is 460 g/mol. The zero-order valence-electron chi connectivity index (χ0n) is 18.6. The summed E-state index contributed by atoms with van der Waals surface area (Å²) in [5.74, 6) is 0.991. The molecule has 0 spiro atoms. The number of alkyl halides is 2. The van der Waals surface area contributed by atoms with Crippen molar-refractivity contribution in [3.05, 3.63) is 76.7 Å².